The summed E-state index contributed by atoms with van der Waals surface area (Å²) in [5.74, 6) is 0.825. The first-order valence-electron chi connectivity index (χ1n) is 11.0. The van der Waals surface area contributed by atoms with Crippen LogP contribution in [0, 0.1) is 16.7 Å². The van der Waals surface area contributed by atoms with E-state index in [1.54, 1.807) is 4.31 Å². The third kappa shape index (κ3) is 2.45. The highest BCUT2D eigenvalue weighted by Gasteiger charge is 2.64. The molecule has 1 spiro atoms. The summed E-state index contributed by atoms with van der Waals surface area (Å²) in [6.07, 6.45) is 7.30. The lowest BCUT2D eigenvalue weighted by Gasteiger charge is -2.44. The van der Waals surface area contributed by atoms with Gasteiger partial charge in [0.05, 0.1) is 5.75 Å². The van der Waals surface area contributed by atoms with Gasteiger partial charge in [-0.25, -0.2) is 12.7 Å². The number of piperidine rings is 1. The van der Waals surface area contributed by atoms with E-state index >= 15 is 0 Å². The quantitative estimate of drug-likeness (QED) is 0.842. The first kappa shape index (κ1) is 19.1. The van der Waals surface area contributed by atoms with Crippen LogP contribution in [0.15, 0.2) is 24.3 Å². The predicted octanol–water partition coefficient (Wildman–Crippen LogP) is 3.45. The number of hydrogen-bond donors (Lipinski definition) is 1. The van der Waals surface area contributed by atoms with Crippen LogP contribution in [0.4, 0.5) is 0 Å². The van der Waals surface area contributed by atoms with Crippen LogP contribution in [0.1, 0.15) is 63.5 Å². The van der Waals surface area contributed by atoms with E-state index in [4.69, 9.17) is 5.73 Å². The van der Waals surface area contributed by atoms with Gasteiger partial charge in [0.2, 0.25) is 10.0 Å². The molecule has 5 heteroatoms. The Bertz CT molecular complexity index is 886. The lowest BCUT2D eigenvalue weighted by Crippen LogP contribution is -2.53. The van der Waals surface area contributed by atoms with Gasteiger partial charge >= 0.3 is 0 Å². The fourth-order valence-corrected chi connectivity index (χ4v) is 9.69. The standard InChI is InChI=1S/C23H34N2O2S/c1-21(2)18-8-10-23(21,20(24)15-18)16-28(26,27)25-13-11-22(12-14-25)9-7-17-5-3-4-6-19(17)22/h3-6,18,20H,7-16,24H2,1-2H3/t18?,20?,23-/m1/s1. The van der Waals surface area contributed by atoms with Crippen LogP contribution in [-0.4, -0.2) is 37.6 Å². The predicted molar refractivity (Wildman–Crippen MR) is 113 cm³/mol. The Morgan fingerprint density at radius 3 is 2.46 bits per heavy atom. The number of rotatable bonds is 3. The van der Waals surface area contributed by atoms with Crippen LogP contribution < -0.4 is 5.73 Å². The lowest BCUT2D eigenvalue weighted by atomic mass is 9.69. The number of sulfonamides is 1. The molecule has 0 aromatic heterocycles. The van der Waals surface area contributed by atoms with Gasteiger partial charge in [-0.1, -0.05) is 38.1 Å². The average Bonchev–Trinajstić information content (AvgIpc) is 3.19. The zero-order chi connectivity index (χ0) is 19.8. The highest BCUT2D eigenvalue weighted by atomic mass is 32.2. The number of nitrogens with two attached hydrogens (primary N) is 1. The van der Waals surface area contributed by atoms with Crippen LogP contribution in [0.2, 0.25) is 0 Å². The molecular formula is C23H34N2O2S. The molecule has 4 nitrogen and oxygen atoms in total. The van der Waals surface area contributed by atoms with Crippen molar-refractivity contribution in [2.45, 2.75) is 70.3 Å². The van der Waals surface area contributed by atoms with Gasteiger partial charge in [0.15, 0.2) is 0 Å². The largest absolute Gasteiger partial charge is 0.327 e. The maximum atomic E-state index is 13.5. The van der Waals surface area contributed by atoms with Crippen molar-refractivity contribution >= 4 is 10.0 Å². The second-order valence-corrected chi connectivity index (χ2v) is 12.5. The minimum atomic E-state index is -3.28. The molecule has 3 aliphatic carbocycles. The molecule has 0 radical (unpaired) electrons. The zero-order valence-electron chi connectivity index (χ0n) is 17.3. The van der Waals surface area contributed by atoms with Gasteiger partial charge in [-0.15, -0.1) is 0 Å². The molecule has 0 amide bonds. The van der Waals surface area contributed by atoms with Crippen LogP contribution in [0.5, 0.6) is 0 Å². The summed E-state index contributed by atoms with van der Waals surface area (Å²) in [5, 5.41) is 0. The fourth-order valence-electron chi connectivity index (χ4n) is 7.39. The summed E-state index contributed by atoms with van der Waals surface area (Å²) in [4.78, 5) is 0. The molecule has 28 heavy (non-hydrogen) atoms. The molecule has 1 aliphatic heterocycles. The van der Waals surface area contributed by atoms with Crippen LogP contribution in [-0.2, 0) is 21.9 Å². The molecule has 2 bridgehead atoms. The molecule has 2 unspecified atom stereocenters. The fraction of sp³-hybridized carbons (Fsp3) is 0.739. The summed E-state index contributed by atoms with van der Waals surface area (Å²) in [5.41, 5.74) is 9.45. The zero-order valence-corrected chi connectivity index (χ0v) is 18.1. The number of fused-ring (bicyclic) bond motifs is 4. The van der Waals surface area contributed by atoms with E-state index in [1.807, 2.05) is 0 Å². The number of aryl methyl sites for hydroxylation is 1. The van der Waals surface area contributed by atoms with Crippen LogP contribution in [0.25, 0.3) is 0 Å². The average molecular weight is 403 g/mol. The van der Waals surface area contributed by atoms with Crippen molar-refractivity contribution in [2.75, 3.05) is 18.8 Å². The van der Waals surface area contributed by atoms with Crippen molar-refractivity contribution < 1.29 is 8.42 Å². The summed E-state index contributed by atoms with van der Waals surface area (Å²) in [6, 6.07) is 8.79. The smallest absolute Gasteiger partial charge is 0.214 e. The molecule has 3 fully saturated rings. The molecule has 4 aliphatic rings. The molecule has 2 saturated carbocycles. The Kier molecular flexibility index (Phi) is 4.12. The summed E-state index contributed by atoms with van der Waals surface area (Å²) < 4.78 is 28.7. The molecule has 1 heterocycles. The lowest BCUT2D eigenvalue weighted by molar-refractivity contribution is 0.136. The van der Waals surface area contributed by atoms with Gasteiger partial charge in [-0.05, 0) is 72.8 Å². The minimum absolute atomic E-state index is 0.0221. The maximum Gasteiger partial charge on any atom is 0.214 e. The number of nitrogens with zero attached hydrogens (tertiary/aromatic N) is 1. The van der Waals surface area contributed by atoms with E-state index in [2.05, 4.69) is 38.1 Å². The summed E-state index contributed by atoms with van der Waals surface area (Å²) in [6.45, 7) is 5.83. The Balaban J connectivity index is 1.34. The highest BCUT2D eigenvalue weighted by Crippen LogP contribution is 2.65. The Morgan fingerprint density at radius 1 is 1.11 bits per heavy atom. The van der Waals surface area contributed by atoms with Gasteiger partial charge in [-0.3, -0.25) is 0 Å². The van der Waals surface area contributed by atoms with E-state index in [-0.39, 0.29) is 28.0 Å². The molecule has 2 N–H and O–H groups in total. The van der Waals surface area contributed by atoms with E-state index in [0.717, 1.165) is 38.5 Å². The molecule has 1 aromatic carbocycles. The Labute approximate surface area is 169 Å². The summed E-state index contributed by atoms with van der Waals surface area (Å²) >= 11 is 0. The van der Waals surface area contributed by atoms with E-state index < -0.39 is 10.0 Å². The number of benzene rings is 1. The van der Waals surface area contributed by atoms with Crippen molar-refractivity contribution in [1.29, 1.82) is 0 Å². The molecule has 1 saturated heterocycles. The SMILES string of the molecule is CC1(C)C2CC[C@@]1(CS(=O)(=O)N1CCC3(CCc4ccccc43)CC1)C(N)C2. The monoisotopic (exact) mass is 402 g/mol. The van der Waals surface area contributed by atoms with Crippen LogP contribution in [0.3, 0.4) is 0 Å². The normalized spacial score (nSPS) is 36.1. The Morgan fingerprint density at radius 2 is 1.82 bits per heavy atom. The minimum Gasteiger partial charge on any atom is -0.327 e. The van der Waals surface area contributed by atoms with Crippen molar-refractivity contribution in [3.8, 4) is 0 Å². The number of hydrogen-bond acceptors (Lipinski definition) is 3. The van der Waals surface area contributed by atoms with Crippen molar-refractivity contribution in [2.24, 2.45) is 22.5 Å². The third-order valence-electron chi connectivity index (χ3n) is 9.47. The van der Waals surface area contributed by atoms with Gasteiger partial charge in [0.1, 0.15) is 0 Å². The second-order valence-electron chi connectivity index (χ2n) is 10.5. The van der Waals surface area contributed by atoms with E-state index in [1.165, 1.54) is 17.5 Å². The van der Waals surface area contributed by atoms with Crippen LogP contribution >= 0.6 is 0 Å². The first-order chi connectivity index (χ1) is 13.2. The first-order valence-corrected chi connectivity index (χ1v) is 12.6. The topological polar surface area (TPSA) is 63.4 Å². The second kappa shape index (κ2) is 6.05. The summed E-state index contributed by atoms with van der Waals surface area (Å²) in [7, 11) is -3.28. The molecule has 1 aromatic rings. The van der Waals surface area contributed by atoms with E-state index in [9.17, 15) is 8.42 Å². The van der Waals surface area contributed by atoms with Gasteiger partial charge in [0.25, 0.3) is 0 Å². The van der Waals surface area contributed by atoms with Crippen molar-refractivity contribution in [1.82, 2.24) is 4.31 Å². The van der Waals surface area contributed by atoms with Gasteiger partial charge < -0.3 is 5.73 Å². The van der Waals surface area contributed by atoms with Gasteiger partial charge in [-0.2, -0.15) is 0 Å². The molecular weight excluding hydrogens is 368 g/mol. The molecule has 3 atom stereocenters. The van der Waals surface area contributed by atoms with Gasteiger partial charge in [0, 0.05) is 24.5 Å². The molecule has 5 rings (SSSR count). The Hall–Kier alpha value is -0.910. The molecule has 154 valence electrons. The van der Waals surface area contributed by atoms with Crippen molar-refractivity contribution in [3.05, 3.63) is 35.4 Å². The third-order valence-corrected chi connectivity index (χ3v) is 11.5. The maximum absolute atomic E-state index is 13.5. The highest BCUT2D eigenvalue weighted by molar-refractivity contribution is 7.89. The van der Waals surface area contributed by atoms with E-state index in [0.29, 0.717) is 19.0 Å². The van der Waals surface area contributed by atoms with Crippen molar-refractivity contribution in [3.63, 3.8) is 0 Å².